The number of hydrogen-bond acceptors (Lipinski definition) is 2. The van der Waals surface area contributed by atoms with Crippen molar-refractivity contribution >= 4 is 11.6 Å². The van der Waals surface area contributed by atoms with Gasteiger partial charge < -0.3 is 10.1 Å². The zero-order chi connectivity index (χ0) is 18.1. The van der Waals surface area contributed by atoms with Crippen molar-refractivity contribution in [3.8, 4) is 16.9 Å². The number of aryl methyl sites for hydroxylation is 2. The van der Waals surface area contributed by atoms with Crippen LogP contribution >= 0.6 is 0 Å². The molecule has 0 heterocycles. The number of nitrogens with one attached hydrogen (secondary N) is 1. The number of benzene rings is 3. The highest BCUT2D eigenvalue weighted by Crippen LogP contribution is 2.37. The van der Waals surface area contributed by atoms with Crippen molar-refractivity contribution in [3.63, 3.8) is 0 Å². The third-order valence-corrected chi connectivity index (χ3v) is 4.64. The molecule has 0 bridgehead atoms. The van der Waals surface area contributed by atoms with Crippen LogP contribution in [0.4, 0.5) is 5.69 Å². The van der Waals surface area contributed by atoms with E-state index in [0.717, 1.165) is 29.0 Å². The summed E-state index contributed by atoms with van der Waals surface area (Å²) in [6.45, 7) is 4.03. The van der Waals surface area contributed by atoms with E-state index < -0.39 is 0 Å². The highest BCUT2D eigenvalue weighted by atomic mass is 16.5. The SMILES string of the molecule is Cc1cc(C)cc(OCC(=O)Nc2ccc3c(c2)Cc2ccccc2-3)c1. The Hall–Kier alpha value is -3.07. The van der Waals surface area contributed by atoms with Crippen molar-refractivity contribution in [2.45, 2.75) is 20.3 Å². The molecule has 3 heteroatoms. The summed E-state index contributed by atoms with van der Waals surface area (Å²) in [6, 6.07) is 20.5. The van der Waals surface area contributed by atoms with Gasteiger partial charge in [-0.05, 0) is 77.9 Å². The van der Waals surface area contributed by atoms with Crippen LogP contribution in [0.5, 0.6) is 5.75 Å². The van der Waals surface area contributed by atoms with Crippen LogP contribution in [0.1, 0.15) is 22.3 Å². The van der Waals surface area contributed by atoms with E-state index in [4.69, 9.17) is 4.74 Å². The van der Waals surface area contributed by atoms with Crippen LogP contribution in [0.3, 0.4) is 0 Å². The molecule has 0 unspecified atom stereocenters. The molecule has 1 aliphatic rings. The Balaban J connectivity index is 1.42. The number of hydrogen-bond donors (Lipinski definition) is 1. The van der Waals surface area contributed by atoms with Crippen molar-refractivity contribution in [2.24, 2.45) is 0 Å². The van der Waals surface area contributed by atoms with E-state index in [-0.39, 0.29) is 12.5 Å². The monoisotopic (exact) mass is 343 g/mol. The molecule has 0 fully saturated rings. The molecule has 0 aliphatic heterocycles. The van der Waals surface area contributed by atoms with Crippen LogP contribution < -0.4 is 10.1 Å². The lowest BCUT2D eigenvalue weighted by Crippen LogP contribution is -2.20. The highest BCUT2D eigenvalue weighted by molar-refractivity contribution is 5.92. The van der Waals surface area contributed by atoms with Crippen LogP contribution in [0, 0.1) is 13.8 Å². The van der Waals surface area contributed by atoms with Crippen molar-refractivity contribution in [3.05, 3.63) is 82.9 Å². The van der Waals surface area contributed by atoms with Gasteiger partial charge in [0.25, 0.3) is 5.91 Å². The van der Waals surface area contributed by atoms with Gasteiger partial charge in [-0.2, -0.15) is 0 Å². The van der Waals surface area contributed by atoms with Crippen molar-refractivity contribution in [2.75, 3.05) is 11.9 Å². The van der Waals surface area contributed by atoms with Gasteiger partial charge in [0.15, 0.2) is 6.61 Å². The second-order valence-electron chi connectivity index (χ2n) is 6.87. The van der Waals surface area contributed by atoms with E-state index in [9.17, 15) is 4.79 Å². The Morgan fingerprint density at radius 2 is 1.65 bits per heavy atom. The minimum atomic E-state index is -0.153. The third kappa shape index (κ3) is 3.33. The van der Waals surface area contributed by atoms with Gasteiger partial charge >= 0.3 is 0 Å². The molecule has 1 amide bonds. The molecule has 130 valence electrons. The molecular weight excluding hydrogens is 322 g/mol. The van der Waals surface area contributed by atoms with Crippen LogP contribution in [0.2, 0.25) is 0 Å². The molecule has 3 aromatic rings. The molecule has 3 aromatic carbocycles. The van der Waals surface area contributed by atoms with Gasteiger partial charge in [-0.3, -0.25) is 4.79 Å². The zero-order valence-corrected chi connectivity index (χ0v) is 15.0. The Morgan fingerprint density at radius 3 is 2.46 bits per heavy atom. The lowest BCUT2D eigenvalue weighted by molar-refractivity contribution is -0.118. The summed E-state index contributed by atoms with van der Waals surface area (Å²) in [5, 5.41) is 2.93. The van der Waals surface area contributed by atoms with Gasteiger partial charge in [-0.1, -0.05) is 36.4 Å². The Morgan fingerprint density at radius 1 is 0.923 bits per heavy atom. The maximum absolute atomic E-state index is 12.2. The average molecular weight is 343 g/mol. The summed E-state index contributed by atoms with van der Waals surface area (Å²) in [5.74, 6) is 0.571. The van der Waals surface area contributed by atoms with Crippen LogP contribution in [0.15, 0.2) is 60.7 Å². The van der Waals surface area contributed by atoms with Crippen molar-refractivity contribution in [1.29, 1.82) is 0 Å². The largest absolute Gasteiger partial charge is 0.484 e. The van der Waals surface area contributed by atoms with Gasteiger partial charge in [0, 0.05) is 5.69 Å². The fourth-order valence-corrected chi connectivity index (χ4v) is 3.59. The van der Waals surface area contributed by atoms with E-state index in [1.807, 2.05) is 32.0 Å². The summed E-state index contributed by atoms with van der Waals surface area (Å²) >= 11 is 0. The number of amides is 1. The quantitative estimate of drug-likeness (QED) is 0.573. The molecule has 1 N–H and O–H groups in total. The third-order valence-electron chi connectivity index (χ3n) is 4.64. The molecule has 0 aromatic heterocycles. The first-order valence-corrected chi connectivity index (χ1v) is 8.81. The first-order valence-electron chi connectivity index (χ1n) is 8.81. The van der Waals surface area contributed by atoms with E-state index >= 15 is 0 Å². The Kier molecular flexibility index (Phi) is 4.21. The predicted molar refractivity (Wildman–Crippen MR) is 105 cm³/mol. The molecule has 26 heavy (non-hydrogen) atoms. The Bertz CT molecular complexity index is 971. The number of ether oxygens (including phenoxy) is 1. The molecule has 0 saturated heterocycles. The fraction of sp³-hybridized carbons (Fsp3) is 0.174. The normalized spacial score (nSPS) is 11.6. The zero-order valence-electron chi connectivity index (χ0n) is 15.0. The summed E-state index contributed by atoms with van der Waals surface area (Å²) in [7, 11) is 0. The summed E-state index contributed by atoms with van der Waals surface area (Å²) in [5.41, 5.74) is 8.19. The minimum Gasteiger partial charge on any atom is -0.484 e. The van der Waals surface area contributed by atoms with Gasteiger partial charge in [-0.15, -0.1) is 0 Å². The van der Waals surface area contributed by atoms with Crippen LogP contribution in [-0.4, -0.2) is 12.5 Å². The van der Waals surface area contributed by atoms with E-state index in [1.165, 1.54) is 22.3 Å². The predicted octanol–water partition coefficient (Wildman–Crippen LogP) is 4.89. The minimum absolute atomic E-state index is 0.000202. The van der Waals surface area contributed by atoms with Gasteiger partial charge in [0.2, 0.25) is 0 Å². The number of carbonyl (C=O) groups excluding carboxylic acids is 1. The number of fused-ring (bicyclic) bond motifs is 3. The standard InChI is InChI=1S/C23H21NO2/c1-15-9-16(2)11-20(10-15)26-14-23(25)24-19-7-8-22-18(13-19)12-17-5-3-4-6-21(17)22/h3-11,13H,12,14H2,1-2H3,(H,24,25). The van der Waals surface area contributed by atoms with Gasteiger partial charge in [0.1, 0.15) is 5.75 Å². The molecule has 3 nitrogen and oxygen atoms in total. The van der Waals surface area contributed by atoms with Gasteiger partial charge in [-0.25, -0.2) is 0 Å². The molecule has 0 saturated carbocycles. The van der Waals surface area contributed by atoms with Crippen LogP contribution in [0.25, 0.3) is 11.1 Å². The molecule has 4 rings (SSSR count). The van der Waals surface area contributed by atoms with Crippen molar-refractivity contribution < 1.29 is 9.53 Å². The molecule has 0 atom stereocenters. The van der Waals surface area contributed by atoms with Gasteiger partial charge in [0.05, 0.1) is 0 Å². The molecule has 0 radical (unpaired) electrons. The second kappa shape index (κ2) is 6.68. The van der Waals surface area contributed by atoms with E-state index in [1.54, 1.807) is 0 Å². The fourth-order valence-electron chi connectivity index (χ4n) is 3.59. The average Bonchev–Trinajstić information content (AvgIpc) is 2.97. The number of carbonyl (C=O) groups is 1. The van der Waals surface area contributed by atoms with Crippen molar-refractivity contribution in [1.82, 2.24) is 0 Å². The number of rotatable bonds is 4. The molecule has 1 aliphatic carbocycles. The maximum Gasteiger partial charge on any atom is 0.262 e. The Labute approximate surface area is 153 Å². The molecular formula is C23H21NO2. The topological polar surface area (TPSA) is 38.3 Å². The first-order chi connectivity index (χ1) is 12.6. The molecule has 0 spiro atoms. The summed E-state index contributed by atoms with van der Waals surface area (Å²) in [4.78, 5) is 12.2. The first kappa shape index (κ1) is 16.4. The highest BCUT2D eigenvalue weighted by Gasteiger charge is 2.18. The number of anilines is 1. The smallest absolute Gasteiger partial charge is 0.262 e. The second-order valence-corrected chi connectivity index (χ2v) is 6.87. The lowest BCUT2D eigenvalue weighted by Gasteiger charge is -2.10. The summed E-state index contributed by atoms with van der Waals surface area (Å²) in [6.07, 6.45) is 0.911. The van der Waals surface area contributed by atoms with E-state index in [2.05, 4.69) is 47.8 Å². The maximum atomic E-state index is 12.2. The van der Waals surface area contributed by atoms with E-state index in [0.29, 0.717) is 0 Å². The van der Waals surface area contributed by atoms with Crippen LogP contribution in [-0.2, 0) is 11.2 Å². The summed E-state index contributed by atoms with van der Waals surface area (Å²) < 4.78 is 5.63. The lowest BCUT2D eigenvalue weighted by atomic mass is 10.1.